The van der Waals surface area contributed by atoms with Crippen molar-refractivity contribution in [1.82, 2.24) is 10.6 Å². The van der Waals surface area contributed by atoms with Gasteiger partial charge in [0.15, 0.2) is 0 Å². The molecule has 0 saturated heterocycles. The maximum Gasteiger partial charge on any atom is 0.239 e. The van der Waals surface area contributed by atoms with E-state index >= 15 is 0 Å². The van der Waals surface area contributed by atoms with Crippen LogP contribution in [0.1, 0.15) is 19.4 Å². The van der Waals surface area contributed by atoms with Crippen molar-refractivity contribution >= 4 is 11.8 Å². The molecule has 116 valence electrons. The van der Waals surface area contributed by atoms with Gasteiger partial charge in [0.05, 0.1) is 12.6 Å². The summed E-state index contributed by atoms with van der Waals surface area (Å²) in [5, 5.41) is 4.85. The Bertz CT molecular complexity index is 501. The van der Waals surface area contributed by atoms with Crippen LogP contribution in [0.2, 0.25) is 0 Å². The lowest BCUT2D eigenvalue weighted by atomic mass is 10.1. The molecular formula is C14H19F2N3O2. The van der Waals surface area contributed by atoms with E-state index in [2.05, 4.69) is 10.6 Å². The van der Waals surface area contributed by atoms with Gasteiger partial charge in [-0.25, -0.2) is 8.78 Å². The molecule has 1 rings (SSSR count). The van der Waals surface area contributed by atoms with Crippen LogP contribution in [0.5, 0.6) is 0 Å². The Kier molecular flexibility index (Phi) is 6.23. The average Bonchev–Trinajstić information content (AvgIpc) is 2.40. The molecule has 4 N–H and O–H groups in total. The summed E-state index contributed by atoms with van der Waals surface area (Å²) in [4.78, 5) is 23.1. The molecule has 0 unspecified atom stereocenters. The summed E-state index contributed by atoms with van der Waals surface area (Å²) in [6, 6.07) is 2.31. The van der Waals surface area contributed by atoms with Crippen molar-refractivity contribution in [3.8, 4) is 0 Å². The number of rotatable bonds is 6. The molecule has 0 saturated carbocycles. The standard InChI is InChI=1S/C14H19F2N3O2/c1-8(2)13(17)14(21)19-7-12(20)18-6-9-3-10(15)5-11(16)4-9/h3-5,8,13H,6-7,17H2,1-2H3,(H,18,20)(H,19,21)/t13-/m0/s1. The zero-order valence-corrected chi connectivity index (χ0v) is 12.0. The van der Waals surface area contributed by atoms with E-state index in [-0.39, 0.29) is 19.0 Å². The molecule has 7 heteroatoms. The number of hydrogen-bond acceptors (Lipinski definition) is 3. The lowest BCUT2D eigenvalue weighted by Gasteiger charge is -2.15. The van der Waals surface area contributed by atoms with E-state index in [9.17, 15) is 18.4 Å². The third kappa shape index (κ3) is 5.86. The van der Waals surface area contributed by atoms with E-state index in [1.54, 1.807) is 13.8 Å². The highest BCUT2D eigenvalue weighted by Crippen LogP contribution is 2.07. The van der Waals surface area contributed by atoms with Crippen molar-refractivity contribution in [2.75, 3.05) is 6.54 Å². The quantitative estimate of drug-likeness (QED) is 0.722. The van der Waals surface area contributed by atoms with E-state index in [1.807, 2.05) is 0 Å². The number of benzene rings is 1. The summed E-state index contributed by atoms with van der Waals surface area (Å²) in [5.74, 6) is -2.35. The summed E-state index contributed by atoms with van der Waals surface area (Å²) in [7, 11) is 0. The molecule has 1 aromatic carbocycles. The zero-order valence-electron chi connectivity index (χ0n) is 12.0. The van der Waals surface area contributed by atoms with Crippen LogP contribution in [-0.4, -0.2) is 24.4 Å². The van der Waals surface area contributed by atoms with Gasteiger partial charge < -0.3 is 16.4 Å². The minimum absolute atomic E-state index is 0.0282. The van der Waals surface area contributed by atoms with Crippen LogP contribution in [0.15, 0.2) is 18.2 Å². The second-order valence-electron chi connectivity index (χ2n) is 5.04. The van der Waals surface area contributed by atoms with Crippen molar-refractivity contribution in [2.24, 2.45) is 11.7 Å². The first-order valence-corrected chi connectivity index (χ1v) is 6.54. The molecule has 1 aromatic rings. The summed E-state index contributed by atoms with van der Waals surface area (Å²) < 4.78 is 25.9. The van der Waals surface area contributed by atoms with E-state index in [0.29, 0.717) is 5.56 Å². The Morgan fingerprint density at radius 2 is 1.71 bits per heavy atom. The van der Waals surface area contributed by atoms with Crippen LogP contribution in [0, 0.1) is 17.6 Å². The van der Waals surface area contributed by atoms with Crippen LogP contribution in [0.25, 0.3) is 0 Å². The number of amides is 2. The lowest BCUT2D eigenvalue weighted by Crippen LogP contribution is -2.47. The first-order valence-electron chi connectivity index (χ1n) is 6.54. The van der Waals surface area contributed by atoms with Crippen LogP contribution < -0.4 is 16.4 Å². The van der Waals surface area contributed by atoms with E-state index in [1.165, 1.54) is 0 Å². The van der Waals surface area contributed by atoms with E-state index in [4.69, 9.17) is 5.73 Å². The first kappa shape index (κ1) is 17.0. The van der Waals surface area contributed by atoms with Gasteiger partial charge in [0.25, 0.3) is 0 Å². The Hall–Kier alpha value is -2.02. The molecule has 0 bridgehead atoms. The third-order valence-corrected chi connectivity index (χ3v) is 2.86. The molecule has 0 aromatic heterocycles. The molecule has 5 nitrogen and oxygen atoms in total. The number of halogens is 2. The Balaban J connectivity index is 2.39. The topological polar surface area (TPSA) is 84.2 Å². The molecule has 2 amide bonds. The van der Waals surface area contributed by atoms with E-state index in [0.717, 1.165) is 18.2 Å². The van der Waals surface area contributed by atoms with Crippen LogP contribution >= 0.6 is 0 Å². The van der Waals surface area contributed by atoms with Crippen molar-refractivity contribution in [3.05, 3.63) is 35.4 Å². The van der Waals surface area contributed by atoms with Gasteiger partial charge in [0.1, 0.15) is 11.6 Å². The molecule has 0 radical (unpaired) electrons. The zero-order chi connectivity index (χ0) is 16.0. The second-order valence-corrected chi connectivity index (χ2v) is 5.04. The maximum absolute atomic E-state index is 12.9. The summed E-state index contributed by atoms with van der Waals surface area (Å²) in [6.45, 7) is 3.32. The second kappa shape index (κ2) is 7.68. The van der Waals surface area contributed by atoms with Crippen molar-refractivity contribution < 1.29 is 18.4 Å². The fraction of sp³-hybridized carbons (Fsp3) is 0.429. The third-order valence-electron chi connectivity index (χ3n) is 2.86. The Morgan fingerprint density at radius 1 is 1.14 bits per heavy atom. The molecule has 0 aliphatic carbocycles. The van der Waals surface area contributed by atoms with Gasteiger partial charge in [-0.1, -0.05) is 13.8 Å². The fourth-order valence-corrected chi connectivity index (χ4v) is 1.56. The average molecular weight is 299 g/mol. The van der Waals surface area contributed by atoms with Crippen LogP contribution in [0.4, 0.5) is 8.78 Å². The van der Waals surface area contributed by atoms with E-state index < -0.39 is 29.5 Å². The van der Waals surface area contributed by atoms with Gasteiger partial charge >= 0.3 is 0 Å². The van der Waals surface area contributed by atoms with Crippen molar-refractivity contribution in [3.63, 3.8) is 0 Å². The Labute approximate surface area is 121 Å². The predicted molar refractivity (Wildman–Crippen MR) is 74.0 cm³/mol. The smallest absolute Gasteiger partial charge is 0.239 e. The normalized spacial score (nSPS) is 12.1. The predicted octanol–water partition coefficient (Wildman–Crippen LogP) is 0.680. The molecule has 0 heterocycles. The fourth-order valence-electron chi connectivity index (χ4n) is 1.56. The van der Waals surface area contributed by atoms with Crippen molar-refractivity contribution in [2.45, 2.75) is 26.4 Å². The number of carbonyl (C=O) groups excluding carboxylic acids is 2. The van der Waals surface area contributed by atoms with Gasteiger partial charge in [-0.15, -0.1) is 0 Å². The Morgan fingerprint density at radius 3 is 2.24 bits per heavy atom. The number of nitrogens with two attached hydrogens (primary N) is 1. The molecule has 0 spiro atoms. The highest BCUT2D eigenvalue weighted by Gasteiger charge is 2.17. The highest BCUT2D eigenvalue weighted by atomic mass is 19.1. The SMILES string of the molecule is CC(C)[C@H](N)C(=O)NCC(=O)NCc1cc(F)cc(F)c1. The van der Waals surface area contributed by atoms with Crippen LogP contribution in [-0.2, 0) is 16.1 Å². The largest absolute Gasteiger partial charge is 0.350 e. The monoisotopic (exact) mass is 299 g/mol. The number of carbonyl (C=O) groups is 2. The minimum atomic E-state index is -0.713. The highest BCUT2D eigenvalue weighted by molar-refractivity contribution is 5.87. The molecular weight excluding hydrogens is 280 g/mol. The van der Waals surface area contributed by atoms with Gasteiger partial charge in [-0.2, -0.15) is 0 Å². The van der Waals surface area contributed by atoms with Crippen LogP contribution in [0.3, 0.4) is 0 Å². The molecule has 0 aliphatic heterocycles. The minimum Gasteiger partial charge on any atom is -0.350 e. The molecule has 21 heavy (non-hydrogen) atoms. The number of hydrogen-bond donors (Lipinski definition) is 3. The lowest BCUT2D eigenvalue weighted by molar-refractivity contribution is -0.127. The first-order chi connectivity index (χ1) is 9.79. The molecule has 0 fully saturated rings. The summed E-state index contributed by atoms with van der Waals surface area (Å²) in [6.07, 6.45) is 0. The van der Waals surface area contributed by atoms with Gasteiger partial charge in [-0.05, 0) is 23.6 Å². The van der Waals surface area contributed by atoms with Crippen molar-refractivity contribution in [1.29, 1.82) is 0 Å². The summed E-state index contributed by atoms with van der Waals surface area (Å²) >= 11 is 0. The maximum atomic E-state index is 12.9. The summed E-state index contributed by atoms with van der Waals surface area (Å²) in [5.41, 5.74) is 5.91. The van der Waals surface area contributed by atoms with Gasteiger partial charge in [0, 0.05) is 12.6 Å². The van der Waals surface area contributed by atoms with Gasteiger partial charge in [0.2, 0.25) is 11.8 Å². The molecule has 0 aliphatic rings. The van der Waals surface area contributed by atoms with Gasteiger partial charge in [-0.3, -0.25) is 9.59 Å². The number of nitrogens with one attached hydrogen (secondary N) is 2. The molecule has 1 atom stereocenters.